The molecule has 2 rings (SSSR count). The molecule has 0 radical (unpaired) electrons. The Labute approximate surface area is 159 Å². The summed E-state index contributed by atoms with van der Waals surface area (Å²) in [6.45, 7) is -1.55. The molecule has 6 nitrogen and oxygen atoms in total. The highest BCUT2D eigenvalue weighted by Crippen LogP contribution is 2.29. The molecule has 0 saturated heterocycles. The number of nitrogens with zero attached hydrogens (tertiary/aromatic N) is 1. The summed E-state index contributed by atoms with van der Waals surface area (Å²) >= 11 is 5.77. The summed E-state index contributed by atoms with van der Waals surface area (Å²) in [6.07, 6.45) is 0. The average Bonchev–Trinajstić information content (AvgIpc) is 2.65. The van der Waals surface area contributed by atoms with Crippen LogP contribution in [0.25, 0.3) is 0 Å². The number of amides is 1. The Morgan fingerprint density at radius 1 is 1.19 bits per heavy atom. The van der Waals surface area contributed by atoms with Gasteiger partial charge in [-0.3, -0.25) is 4.79 Å². The van der Waals surface area contributed by atoms with Crippen LogP contribution in [0, 0.1) is 0 Å². The van der Waals surface area contributed by atoms with Crippen LogP contribution in [-0.2, 0) is 4.79 Å². The maximum Gasteiger partial charge on any atom is 0.387 e. The number of carbonyl (C=O) groups is 1. The lowest BCUT2D eigenvalue weighted by Crippen LogP contribution is -2.25. The maximum atomic E-state index is 12.4. The predicted octanol–water partition coefficient (Wildman–Crippen LogP) is 3.87. The number of nitrogens with one attached hydrogen (secondary N) is 1. The van der Waals surface area contributed by atoms with E-state index in [9.17, 15) is 13.6 Å². The first-order valence-corrected chi connectivity index (χ1v) is 8.11. The van der Waals surface area contributed by atoms with Crippen molar-refractivity contribution in [2.24, 2.45) is 5.10 Å². The van der Waals surface area contributed by atoms with E-state index in [1.807, 2.05) is 0 Å². The number of hydrogen-bond acceptors (Lipinski definition) is 5. The Hall–Kier alpha value is -2.87. The number of hydrazone groups is 1. The third kappa shape index (κ3) is 6.41. The largest absolute Gasteiger partial charge is 0.493 e. The van der Waals surface area contributed by atoms with Gasteiger partial charge in [-0.05, 0) is 49.4 Å². The van der Waals surface area contributed by atoms with Gasteiger partial charge in [0.15, 0.2) is 18.1 Å². The van der Waals surface area contributed by atoms with Crippen molar-refractivity contribution in [2.75, 3.05) is 13.7 Å². The normalized spacial score (nSPS) is 11.3. The summed E-state index contributed by atoms with van der Waals surface area (Å²) < 4.78 is 39.4. The third-order valence-corrected chi connectivity index (χ3v) is 3.58. The van der Waals surface area contributed by atoms with Gasteiger partial charge in [-0.2, -0.15) is 13.9 Å². The maximum absolute atomic E-state index is 12.4. The summed E-state index contributed by atoms with van der Waals surface area (Å²) in [4.78, 5) is 11.8. The van der Waals surface area contributed by atoms with E-state index >= 15 is 0 Å². The van der Waals surface area contributed by atoms with Crippen molar-refractivity contribution >= 4 is 23.2 Å². The summed E-state index contributed by atoms with van der Waals surface area (Å²) in [7, 11) is 1.33. The van der Waals surface area contributed by atoms with Gasteiger partial charge in [-0.1, -0.05) is 11.6 Å². The van der Waals surface area contributed by atoms with Crippen LogP contribution < -0.4 is 19.6 Å². The molecule has 0 aromatic heterocycles. The van der Waals surface area contributed by atoms with E-state index < -0.39 is 12.5 Å². The SMILES string of the molecule is COc1cc(/C(C)=N\NC(=O)COc2ccc(Cl)cc2)ccc1OC(F)F. The number of rotatable bonds is 8. The van der Waals surface area contributed by atoms with Crippen LogP contribution in [-0.4, -0.2) is 31.9 Å². The molecule has 0 aliphatic heterocycles. The van der Waals surface area contributed by atoms with Crippen molar-refractivity contribution in [3.05, 3.63) is 53.1 Å². The number of methoxy groups -OCH3 is 1. The quantitative estimate of drug-likeness (QED) is 0.541. The van der Waals surface area contributed by atoms with E-state index in [2.05, 4.69) is 15.3 Å². The molecule has 2 aromatic carbocycles. The zero-order chi connectivity index (χ0) is 19.8. The van der Waals surface area contributed by atoms with Gasteiger partial charge in [0.25, 0.3) is 5.91 Å². The van der Waals surface area contributed by atoms with E-state index in [0.29, 0.717) is 22.0 Å². The van der Waals surface area contributed by atoms with E-state index in [-0.39, 0.29) is 18.1 Å². The fourth-order valence-electron chi connectivity index (χ4n) is 2.01. The van der Waals surface area contributed by atoms with Crippen LogP contribution in [0.15, 0.2) is 47.6 Å². The van der Waals surface area contributed by atoms with Crippen LogP contribution in [0.1, 0.15) is 12.5 Å². The van der Waals surface area contributed by atoms with Gasteiger partial charge in [0.2, 0.25) is 0 Å². The van der Waals surface area contributed by atoms with Gasteiger partial charge in [-0.15, -0.1) is 0 Å². The van der Waals surface area contributed by atoms with Gasteiger partial charge in [0.1, 0.15) is 5.75 Å². The van der Waals surface area contributed by atoms with Crippen LogP contribution in [0.2, 0.25) is 5.02 Å². The zero-order valence-corrected chi connectivity index (χ0v) is 15.3. The summed E-state index contributed by atoms with van der Waals surface area (Å²) in [5, 5.41) is 4.52. The molecule has 1 amide bonds. The fourth-order valence-corrected chi connectivity index (χ4v) is 2.13. The molecule has 0 aliphatic rings. The highest BCUT2D eigenvalue weighted by molar-refractivity contribution is 6.30. The minimum atomic E-state index is -2.96. The van der Waals surface area contributed by atoms with Gasteiger partial charge in [0.05, 0.1) is 12.8 Å². The van der Waals surface area contributed by atoms with Crippen molar-refractivity contribution < 1.29 is 27.8 Å². The number of alkyl halides is 2. The second kappa shape index (κ2) is 9.72. The predicted molar refractivity (Wildman–Crippen MR) is 96.9 cm³/mol. The Kier molecular flexibility index (Phi) is 7.36. The number of benzene rings is 2. The zero-order valence-electron chi connectivity index (χ0n) is 14.5. The molecule has 0 atom stereocenters. The Morgan fingerprint density at radius 2 is 1.89 bits per heavy atom. The summed E-state index contributed by atoms with van der Waals surface area (Å²) in [5.74, 6) is 0.0627. The molecule has 0 fully saturated rings. The van der Waals surface area contributed by atoms with E-state index in [1.54, 1.807) is 31.2 Å². The first kappa shape index (κ1) is 20.4. The fraction of sp³-hybridized carbons (Fsp3) is 0.222. The summed E-state index contributed by atoms with van der Waals surface area (Å²) in [5.41, 5.74) is 3.36. The van der Waals surface area contributed by atoms with E-state index in [1.165, 1.54) is 25.3 Å². The third-order valence-electron chi connectivity index (χ3n) is 3.33. The first-order chi connectivity index (χ1) is 12.9. The highest BCUT2D eigenvalue weighted by Gasteiger charge is 2.12. The van der Waals surface area contributed by atoms with Crippen molar-refractivity contribution in [1.82, 2.24) is 5.43 Å². The molecular weight excluding hydrogens is 382 g/mol. The van der Waals surface area contributed by atoms with E-state index in [4.69, 9.17) is 21.1 Å². The van der Waals surface area contributed by atoms with Crippen LogP contribution in [0.5, 0.6) is 17.2 Å². The first-order valence-electron chi connectivity index (χ1n) is 7.73. The minimum absolute atomic E-state index is 0.0931. The topological polar surface area (TPSA) is 69.2 Å². The van der Waals surface area contributed by atoms with Gasteiger partial charge in [0, 0.05) is 10.6 Å². The highest BCUT2D eigenvalue weighted by atomic mass is 35.5. The van der Waals surface area contributed by atoms with Crippen molar-refractivity contribution in [3.8, 4) is 17.2 Å². The van der Waals surface area contributed by atoms with Crippen molar-refractivity contribution in [3.63, 3.8) is 0 Å². The Balaban J connectivity index is 1.95. The van der Waals surface area contributed by atoms with Crippen molar-refractivity contribution in [1.29, 1.82) is 0 Å². The molecule has 0 unspecified atom stereocenters. The monoisotopic (exact) mass is 398 g/mol. The molecule has 27 heavy (non-hydrogen) atoms. The van der Waals surface area contributed by atoms with Crippen LogP contribution >= 0.6 is 11.6 Å². The lowest BCUT2D eigenvalue weighted by molar-refractivity contribution is -0.123. The Bertz CT molecular complexity index is 814. The lowest BCUT2D eigenvalue weighted by Gasteiger charge is -2.11. The smallest absolute Gasteiger partial charge is 0.387 e. The minimum Gasteiger partial charge on any atom is -0.493 e. The molecule has 0 spiro atoms. The Morgan fingerprint density at radius 3 is 2.52 bits per heavy atom. The average molecular weight is 399 g/mol. The van der Waals surface area contributed by atoms with Gasteiger partial charge in [-0.25, -0.2) is 5.43 Å². The molecule has 0 bridgehead atoms. The molecule has 0 saturated carbocycles. The van der Waals surface area contributed by atoms with Gasteiger partial charge >= 0.3 is 6.61 Å². The number of halogens is 3. The molecule has 0 aliphatic carbocycles. The van der Waals surface area contributed by atoms with Crippen LogP contribution in [0.4, 0.5) is 8.78 Å². The molecular formula is C18H17ClF2N2O4. The molecule has 2 aromatic rings. The second-order valence-corrected chi connectivity index (χ2v) is 5.66. The summed E-state index contributed by atoms with van der Waals surface area (Å²) in [6, 6.07) is 10.9. The molecule has 144 valence electrons. The second-order valence-electron chi connectivity index (χ2n) is 5.22. The van der Waals surface area contributed by atoms with Crippen molar-refractivity contribution in [2.45, 2.75) is 13.5 Å². The molecule has 9 heteroatoms. The van der Waals surface area contributed by atoms with E-state index in [0.717, 1.165) is 0 Å². The lowest BCUT2D eigenvalue weighted by atomic mass is 10.1. The number of carbonyl (C=O) groups excluding carboxylic acids is 1. The standard InChI is InChI=1S/C18H17ClF2N2O4/c1-11(12-3-8-15(27-18(20)21)16(9-12)25-2)22-23-17(24)10-26-14-6-4-13(19)5-7-14/h3-9,18H,10H2,1-2H3,(H,23,24)/b22-11-. The van der Waals surface area contributed by atoms with Gasteiger partial charge < -0.3 is 14.2 Å². The molecule has 0 heterocycles. The molecule has 1 N–H and O–H groups in total. The van der Waals surface area contributed by atoms with Crippen LogP contribution in [0.3, 0.4) is 0 Å². The number of hydrogen-bond donors (Lipinski definition) is 1. The number of ether oxygens (including phenoxy) is 3.